The van der Waals surface area contributed by atoms with Crippen LogP contribution in [0.5, 0.6) is 0 Å². The number of hydrogen-bond acceptors (Lipinski definition) is 2. The maximum absolute atomic E-state index is 5.87. The Morgan fingerprint density at radius 1 is 1.40 bits per heavy atom. The summed E-state index contributed by atoms with van der Waals surface area (Å²) in [5.41, 5.74) is 7.44. The highest BCUT2D eigenvalue weighted by Gasteiger charge is 1.99. The molecule has 2 rings (SSSR count). The predicted molar refractivity (Wildman–Crippen MR) is 63.7 cm³/mol. The lowest BCUT2D eigenvalue weighted by atomic mass is 10.3. The third kappa shape index (κ3) is 2.72. The third-order valence-electron chi connectivity index (χ3n) is 1.94. The van der Waals surface area contributed by atoms with E-state index in [2.05, 4.69) is 5.10 Å². The number of halogens is 2. The second-order valence-corrected chi connectivity index (χ2v) is 3.41. The van der Waals surface area contributed by atoms with Crippen LogP contribution in [-0.4, -0.2) is 9.78 Å². The zero-order chi connectivity index (χ0) is 9.97. The average molecular weight is 244 g/mol. The molecule has 3 nitrogen and oxygen atoms in total. The van der Waals surface area contributed by atoms with Crippen LogP contribution in [0.25, 0.3) is 5.69 Å². The largest absolute Gasteiger partial charge is 0.326 e. The zero-order valence-electron chi connectivity index (χ0n) is 7.93. The van der Waals surface area contributed by atoms with Gasteiger partial charge in [-0.2, -0.15) is 5.10 Å². The first kappa shape index (κ1) is 12.0. The van der Waals surface area contributed by atoms with Crippen molar-refractivity contribution in [1.82, 2.24) is 9.78 Å². The van der Waals surface area contributed by atoms with E-state index in [0.29, 0.717) is 11.6 Å². The maximum atomic E-state index is 5.87. The molecule has 0 fully saturated rings. The van der Waals surface area contributed by atoms with Crippen LogP contribution >= 0.6 is 24.0 Å². The van der Waals surface area contributed by atoms with E-state index in [9.17, 15) is 0 Å². The molecule has 1 aromatic carbocycles. The van der Waals surface area contributed by atoms with Crippen LogP contribution in [0, 0.1) is 0 Å². The van der Waals surface area contributed by atoms with Crippen LogP contribution < -0.4 is 5.73 Å². The first-order valence-electron chi connectivity index (χ1n) is 4.29. The highest BCUT2D eigenvalue weighted by molar-refractivity contribution is 6.30. The Balaban J connectivity index is 0.00000112. The number of nitrogens with zero attached hydrogens (tertiary/aromatic N) is 2. The molecule has 2 aromatic rings. The summed E-state index contributed by atoms with van der Waals surface area (Å²) >= 11 is 5.87. The van der Waals surface area contributed by atoms with Crippen molar-refractivity contribution in [2.75, 3.05) is 0 Å². The molecule has 0 aliphatic rings. The summed E-state index contributed by atoms with van der Waals surface area (Å²) in [5, 5.41) is 4.88. The second kappa shape index (κ2) is 5.16. The second-order valence-electron chi connectivity index (χ2n) is 2.98. The lowest BCUT2D eigenvalue weighted by Gasteiger charge is -2.00. The fourth-order valence-corrected chi connectivity index (χ4v) is 1.41. The van der Waals surface area contributed by atoms with E-state index in [4.69, 9.17) is 17.3 Å². The highest BCUT2D eigenvalue weighted by Crippen LogP contribution is 2.14. The molecular weight excluding hydrogens is 233 g/mol. The molecule has 2 N–H and O–H groups in total. The summed E-state index contributed by atoms with van der Waals surface area (Å²) in [5.74, 6) is 0. The fourth-order valence-electron chi connectivity index (χ4n) is 1.23. The molecule has 0 atom stereocenters. The highest BCUT2D eigenvalue weighted by atomic mass is 35.5. The molecule has 15 heavy (non-hydrogen) atoms. The standard InChI is InChI=1S/C10H10ClN3.ClH/c11-9-2-1-3-10(4-9)14-7-8(5-12)6-13-14;/h1-4,6-7H,5,12H2;1H. The molecule has 5 heteroatoms. The molecule has 1 heterocycles. The Labute approximate surface area is 99.3 Å². The molecule has 0 amide bonds. The van der Waals surface area contributed by atoms with E-state index in [1.807, 2.05) is 30.5 Å². The third-order valence-corrected chi connectivity index (χ3v) is 2.18. The Morgan fingerprint density at radius 2 is 2.20 bits per heavy atom. The number of rotatable bonds is 2. The summed E-state index contributed by atoms with van der Waals surface area (Å²) in [7, 11) is 0. The van der Waals surface area contributed by atoms with Gasteiger partial charge in [0.1, 0.15) is 0 Å². The van der Waals surface area contributed by atoms with Gasteiger partial charge in [0.25, 0.3) is 0 Å². The summed E-state index contributed by atoms with van der Waals surface area (Å²) in [6.45, 7) is 0.501. The van der Waals surface area contributed by atoms with Gasteiger partial charge in [-0.3, -0.25) is 0 Å². The van der Waals surface area contributed by atoms with E-state index in [1.54, 1.807) is 10.9 Å². The average Bonchev–Trinajstić information content (AvgIpc) is 2.66. The Hall–Kier alpha value is -1.03. The molecule has 0 bridgehead atoms. The van der Waals surface area contributed by atoms with Crippen molar-refractivity contribution in [1.29, 1.82) is 0 Å². The van der Waals surface area contributed by atoms with Gasteiger partial charge in [0.05, 0.1) is 11.9 Å². The monoisotopic (exact) mass is 243 g/mol. The van der Waals surface area contributed by atoms with Crippen LogP contribution in [0.3, 0.4) is 0 Å². The lowest BCUT2D eigenvalue weighted by Crippen LogP contribution is -1.95. The van der Waals surface area contributed by atoms with E-state index < -0.39 is 0 Å². The molecule has 1 aromatic heterocycles. The van der Waals surface area contributed by atoms with Crippen LogP contribution in [0.2, 0.25) is 5.02 Å². The van der Waals surface area contributed by atoms with Crippen molar-refractivity contribution >= 4 is 24.0 Å². The van der Waals surface area contributed by atoms with Crippen molar-refractivity contribution in [3.05, 3.63) is 47.2 Å². The van der Waals surface area contributed by atoms with Crippen LogP contribution in [0.1, 0.15) is 5.56 Å². The summed E-state index contributed by atoms with van der Waals surface area (Å²) in [6.07, 6.45) is 3.65. The SMILES string of the molecule is Cl.NCc1cnn(-c2cccc(Cl)c2)c1. The first-order valence-corrected chi connectivity index (χ1v) is 4.67. The van der Waals surface area contributed by atoms with E-state index in [0.717, 1.165) is 11.3 Å². The molecular formula is C10H11Cl2N3. The van der Waals surface area contributed by atoms with Crippen molar-refractivity contribution in [3.63, 3.8) is 0 Å². The van der Waals surface area contributed by atoms with E-state index in [-0.39, 0.29) is 12.4 Å². The smallest absolute Gasteiger partial charge is 0.0660 e. The van der Waals surface area contributed by atoms with Gasteiger partial charge in [0.15, 0.2) is 0 Å². The number of nitrogens with two attached hydrogens (primary N) is 1. The van der Waals surface area contributed by atoms with Gasteiger partial charge in [-0.1, -0.05) is 17.7 Å². The Kier molecular flexibility index (Phi) is 4.15. The summed E-state index contributed by atoms with van der Waals surface area (Å²) in [4.78, 5) is 0. The lowest BCUT2D eigenvalue weighted by molar-refractivity contribution is 0.879. The van der Waals surface area contributed by atoms with Crippen LogP contribution in [0.15, 0.2) is 36.7 Å². The van der Waals surface area contributed by atoms with Crippen molar-refractivity contribution in [3.8, 4) is 5.69 Å². The fraction of sp³-hybridized carbons (Fsp3) is 0.100. The van der Waals surface area contributed by atoms with Gasteiger partial charge in [-0.15, -0.1) is 12.4 Å². The molecule has 0 aliphatic carbocycles. The van der Waals surface area contributed by atoms with Crippen molar-refractivity contribution in [2.45, 2.75) is 6.54 Å². The maximum Gasteiger partial charge on any atom is 0.0660 e. The van der Waals surface area contributed by atoms with Gasteiger partial charge in [0.2, 0.25) is 0 Å². The van der Waals surface area contributed by atoms with Crippen molar-refractivity contribution < 1.29 is 0 Å². The Bertz CT molecular complexity index is 440. The number of aromatic nitrogens is 2. The minimum atomic E-state index is 0. The molecule has 0 saturated carbocycles. The first-order chi connectivity index (χ1) is 6.79. The quantitative estimate of drug-likeness (QED) is 0.881. The number of hydrogen-bond donors (Lipinski definition) is 1. The Morgan fingerprint density at radius 3 is 2.80 bits per heavy atom. The molecule has 0 radical (unpaired) electrons. The predicted octanol–water partition coefficient (Wildman–Crippen LogP) is 2.41. The molecule has 0 spiro atoms. The minimum Gasteiger partial charge on any atom is -0.326 e. The van der Waals surface area contributed by atoms with E-state index in [1.165, 1.54) is 0 Å². The summed E-state index contributed by atoms with van der Waals surface area (Å²) < 4.78 is 1.76. The minimum absolute atomic E-state index is 0. The molecule has 0 unspecified atom stereocenters. The van der Waals surface area contributed by atoms with Gasteiger partial charge in [-0.05, 0) is 18.2 Å². The zero-order valence-corrected chi connectivity index (χ0v) is 9.50. The van der Waals surface area contributed by atoms with Crippen molar-refractivity contribution in [2.24, 2.45) is 5.73 Å². The number of benzene rings is 1. The van der Waals surface area contributed by atoms with Crippen LogP contribution in [0.4, 0.5) is 0 Å². The van der Waals surface area contributed by atoms with Gasteiger partial charge < -0.3 is 5.73 Å². The van der Waals surface area contributed by atoms with Crippen LogP contribution in [-0.2, 0) is 6.54 Å². The normalized spacial score (nSPS) is 9.73. The van der Waals surface area contributed by atoms with Gasteiger partial charge >= 0.3 is 0 Å². The topological polar surface area (TPSA) is 43.8 Å². The molecule has 0 saturated heterocycles. The van der Waals surface area contributed by atoms with Gasteiger partial charge in [-0.25, -0.2) is 4.68 Å². The molecule has 80 valence electrons. The van der Waals surface area contributed by atoms with E-state index >= 15 is 0 Å². The van der Waals surface area contributed by atoms with Gasteiger partial charge in [0, 0.05) is 23.3 Å². The molecule has 0 aliphatic heterocycles. The summed E-state index contributed by atoms with van der Waals surface area (Å²) in [6, 6.07) is 7.52.